The van der Waals surface area contributed by atoms with Gasteiger partial charge < -0.3 is 0 Å². The second-order valence-corrected chi connectivity index (χ2v) is 24.4. The van der Waals surface area contributed by atoms with Gasteiger partial charge in [-0.25, -0.2) is 0 Å². The third kappa shape index (κ3) is 3.83. The number of rotatable bonds is 7. The van der Waals surface area contributed by atoms with Crippen molar-refractivity contribution in [3.8, 4) is 0 Å². The molecule has 6 aliphatic heterocycles. The van der Waals surface area contributed by atoms with Crippen LogP contribution in [0.5, 0.6) is 0 Å². The van der Waals surface area contributed by atoms with Gasteiger partial charge in [-0.3, -0.25) is 0 Å². The number of hydrogen-bond donors (Lipinski definition) is 0. The predicted octanol–water partition coefficient (Wildman–Crippen LogP) is 1.77. The van der Waals surface area contributed by atoms with Gasteiger partial charge in [0.1, 0.15) is 0 Å². The number of hydrogen-bond acceptors (Lipinski definition) is 8. The molecule has 11 heteroatoms. The molecule has 3 aromatic carbocycles. The summed E-state index contributed by atoms with van der Waals surface area (Å²) in [6.07, 6.45) is 5.06. The normalized spacial score (nSPS) is 32.0. The molecule has 6 aliphatic rings. The molecule has 0 saturated carbocycles. The topological polar surface area (TPSA) is 112 Å². The van der Waals surface area contributed by atoms with Crippen LogP contribution in [0.4, 0.5) is 0 Å². The Hall–Kier alpha value is -3.92. The van der Waals surface area contributed by atoms with E-state index in [0.717, 1.165) is 26.8 Å². The van der Waals surface area contributed by atoms with Gasteiger partial charge in [0.25, 0.3) is 0 Å². The molecule has 4 amide bonds. The van der Waals surface area contributed by atoms with Crippen LogP contribution in [0.1, 0.15) is 16.7 Å². The molecule has 4 unspecified atom stereocenters. The summed E-state index contributed by atoms with van der Waals surface area (Å²) in [7, 11) is 0. The van der Waals surface area contributed by atoms with Gasteiger partial charge in [0.05, 0.1) is 0 Å². The zero-order valence-corrected chi connectivity index (χ0v) is 29.0. The first-order valence-electron chi connectivity index (χ1n) is 16.2. The standard InChI is InChI=1S/2C8H6NO4.3C7H7.Sb/c2*10-7-5-3-1-2-4(13-3)6(5)8(11)9(7)12;3*1-7-5-3-2-4-6-7;/h2*1-6H;3*2-3,5-6H,1H3;/q2*-1;;;;+2/t2*3-,4+,5?,6?;;;;. The molecule has 244 valence electrons. The van der Waals surface area contributed by atoms with E-state index in [1.54, 1.807) is 0 Å². The second kappa shape index (κ2) is 10.3. The maximum atomic E-state index is 14.4. The first-order valence-corrected chi connectivity index (χ1v) is 22.1. The van der Waals surface area contributed by atoms with Gasteiger partial charge in [-0.05, 0) is 0 Å². The Morgan fingerprint density at radius 2 is 0.792 bits per heavy atom. The summed E-state index contributed by atoms with van der Waals surface area (Å²) in [6, 6.07) is 22.6. The minimum absolute atomic E-state index is 0.539. The van der Waals surface area contributed by atoms with E-state index in [0.29, 0.717) is 10.5 Å². The predicted molar refractivity (Wildman–Crippen MR) is 174 cm³/mol. The van der Waals surface area contributed by atoms with Crippen molar-refractivity contribution in [1.82, 2.24) is 10.1 Å². The molecule has 0 aliphatic carbocycles. The van der Waals surface area contributed by atoms with Gasteiger partial charge in [0, 0.05) is 0 Å². The van der Waals surface area contributed by atoms with Gasteiger partial charge in [0.15, 0.2) is 0 Å². The molecule has 0 spiro atoms. The third-order valence-corrected chi connectivity index (χ3v) is 23.8. The summed E-state index contributed by atoms with van der Waals surface area (Å²) >= 11 is -6.51. The molecule has 0 aromatic heterocycles. The summed E-state index contributed by atoms with van der Waals surface area (Å²) in [6.45, 7) is 5.77. The van der Waals surface area contributed by atoms with Gasteiger partial charge >= 0.3 is 280 Å². The number of carbonyl (C=O) groups excluding carboxylic acids is 4. The molecule has 6 heterocycles. The molecule has 48 heavy (non-hydrogen) atoms. The minimum atomic E-state index is -6.51. The Labute approximate surface area is 279 Å². The van der Waals surface area contributed by atoms with Gasteiger partial charge in [0.2, 0.25) is 0 Å². The summed E-state index contributed by atoms with van der Waals surface area (Å²) in [5.41, 5.74) is 2.57. The van der Waals surface area contributed by atoms with E-state index in [4.69, 9.17) is 15.7 Å². The van der Waals surface area contributed by atoms with Crippen LogP contribution < -0.4 is 10.5 Å². The average molecular weight is 755 g/mol. The van der Waals surface area contributed by atoms with Crippen molar-refractivity contribution in [2.45, 2.75) is 45.2 Å². The van der Waals surface area contributed by atoms with Crippen LogP contribution in [-0.2, 0) is 34.9 Å². The van der Waals surface area contributed by atoms with Crippen LogP contribution in [0.15, 0.2) is 97.1 Å². The number of imide groups is 2. The summed E-state index contributed by atoms with van der Waals surface area (Å²) in [5.74, 6) is -5.18. The monoisotopic (exact) mass is 754 g/mol. The van der Waals surface area contributed by atoms with E-state index in [1.807, 2.05) is 118 Å². The Morgan fingerprint density at radius 3 is 1.06 bits per heavy atom. The first kappa shape index (κ1) is 30.2. The van der Waals surface area contributed by atoms with E-state index in [9.17, 15) is 19.2 Å². The van der Waals surface area contributed by atoms with E-state index in [-0.39, 0.29) is 0 Å². The number of aryl methyl sites for hydroxylation is 3. The third-order valence-electron chi connectivity index (χ3n) is 10.6. The Bertz CT molecular complexity index is 1780. The number of amides is 4. The molecular formula is C37H33N2O8Sb. The number of hydroxylamine groups is 4. The Balaban J connectivity index is 1.34. The Kier molecular flexibility index (Phi) is 6.47. The van der Waals surface area contributed by atoms with Crippen LogP contribution in [0.25, 0.3) is 0 Å². The number of nitrogens with zero attached hydrogens (tertiary/aromatic N) is 2. The van der Waals surface area contributed by atoms with Crippen LogP contribution >= 0.6 is 0 Å². The van der Waals surface area contributed by atoms with Crippen LogP contribution in [0.3, 0.4) is 0 Å². The number of benzene rings is 3. The molecule has 0 N–H and O–H groups in total. The summed E-state index contributed by atoms with van der Waals surface area (Å²) < 4.78 is 28.0. The quantitative estimate of drug-likeness (QED) is 0.204. The molecule has 3 aromatic rings. The van der Waals surface area contributed by atoms with E-state index < -0.39 is 90.0 Å². The van der Waals surface area contributed by atoms with E-state index >= 15 is 0 Å². The molecular weight excluding hydrogens is 722 g/mol. The van der Waals surface area contributed by atoms with Crippen molar-refractivity contribution >= 4 is 52.4 Å². The molecule has 4 fully saturated rings. The fourth-order valence-electron chi connectivity index (χ4n) is 8.41. The van der Waals surface area contributed by atoms with Crippen molar-refractivity contribution in [1.29, 1.82) is 0 Å². The first-order chi connectivity index (χ1) is 23.1. The summed E-state index contributed by atoms with van der Waals surface area (Å²) in [5, 5.41) is 1.75. The van der Waals surface area contributed by atoms with Crippen molar-refractivity contribution < 1.29 is 34.9 Å². The van der Waals surface area contributed by atoms with Crippen molar-refractivity contribution in [3.05, 3.63) is 114 Å². The fraction of sp³-hybridized carbons (Fsp3) is 0.297. The van der Waals surface area contributed by atoms with Crippen molar-refractivity contribution in [2.24, 2.45) is 23.7 Å². The number of carbonyl (C=O) groups is 4. The number of ether oxygens (including phenoxy) is 2. The average Bonchev–Trinajstić information content (AvgIpc) is 3.93. The summed E-state index contributed by atoms with van der Waals surface area (Å²) in [4.78, 5) is 57.6. The van der Waals surface area contributed by atoms with Gasteiger partial charge in [-0.1, -0.05) is 0 Å². The Morgan fingerprint density at radius 1 is 0.500 bits per heavy atom. The molecule has 0 radical (unpaired) electrons. The number of fused-ring (bicyclic) bond motifs is 10. The zero-order valence-electron chi connectivity index (χ0n) is 26.5. The molecule has 8 atom stereocenters. The molecule has 10 nitrogen and oxygen atoms in total. The van der Waals surface area contributed by atoms with Gasteiger partial charge in [-0.2, -0.15) is 0 Å². The van der Waals surface area contributed by atoms with E-state index in [2.05, 4.69) is 0 Å². The zero-order chi connectivity index (χ0) is 33.1. The van der Waals surface area contributed by atoms with Crippen LogP contribution in [0, 0.1) is 44.4 Å². The van der Waals surface area contributed by atoms with Crippen LogP contribution in [-0.4, -0.2) is 76.4 Å². The molecule has 9 rings (SSSR count). The van der Waals surface area contributed by atoms with Gasteiger partial charge in [-0.15, -0.1) is 0 Å². The molecule has 4 bridgehead atoms. The van der Waals surface area contributed by atoms with Crippen molar-refractivity contribution in [3.63, 3.8) is 0 Å². The van der Waals surface area contributed by atoms with E-state index in [1.165, 1.54) is 0 Å². The second-order valence-electron chi connectivity index (χ2n) is 13.6. The SMILES string of the molecule is Cc1ccc[c]([Sb]([O]N2C(=O)C3C(C2=O)[C@H]2C=C[C@@H]3O2)([O]N2C(=O)C3C(C2=O)[C@H]2C=C[C@@H]3O2)([c]2cccc(C)c2)[c]2cccc(C)c2)c1. The fourth-order valence-corrected chi connectivity index (χ4v) is 22.2. The van der Waals surface area contributed by atoms with Crippen LogP contribution in [0.2, 0.25) is 0 Å². The maximum absolute atomic E-state index is 14.4. The van der Waals surface area contributed by atoms with Crippen molar-refractivity contribution in [2.75, 3.05) is 0 Å². The molecule has 4 saturated heterocycles.